The van der Waals surface area contributed by atoms with Gasteiger partial charge in [0.05, 0.1) is 16.5 Å². The van der Waals surface area contributed by atoms with Crippen molar-refractivity contribution in [2.45, 2.75) is 24.7 Å². The van der Waals surface area contributed by atoms with E-state index in [2.05, 4.69) is 19.7 Å². The summed E-state index contributed by atoms with van der Waals surface area (Å²) in [6, 6.07) is 6.20. The summed E-state index contributed by atoms with van der Waals surface area (Å²) in [4.78, 5) is 13.9. The molecule has 1 aromatic heterocycles. The van der Waals surface area contributed by atoms with Crippen molar-refractivity contribution in [1.82, 2.24) is 15.2 Å². The Morgan fingerprint density at radius 2 is 2.04 bits per heavy atom. The van der Waals surface area contributed by atoms with Crippen molar-refractivity contribution in [2.24, 2.45) is 0 Å². The molecule has 0 spiro atoms. The Labute approximate surface area is 144 Å². The molecule has 0 radical (unpaired) electrons. The highest BCUT2D eigenvalue weighted by Gasteiger charge is 2.29. The third-order valence-corrected chi connectivity index (χ3v) is 5.40. The minimum absolute atomic E-state index is 0.0749. The molecule has 9 nitrogen and oxygen atoms in total. The fraction of sp³-hybridized carbons (Fsp3) is 0.333. The molecule has 0 saturated carbocycles. The van der Waals surface area contributed by atoms with Crippen molar-refractivity contribution in [1.29, 1.82) is 5.26 Å². The van der Waals surface area contributed by atoms with E-state index in [1.54, 1.807) is 11.8 Å². The number of benzene rings is 1. The van der Waals surface area contributed by atoms with Crippen LogP contribution in [0.15, 0.2) is 27.7 Å². The smallest absolute Gasteiger partial charge is 0.280 e. The minimum Gasteiger partial charge on any atom is -0.337 e. The molecule has 1 saturated heterocycles. The molecule has 0 bridgehead atoms. The average molecular weight is 361 g/mol. The topological polar surface area (TPSA) is 129 Å². The molecule has 130 valence electrons. The average Bonchev–Trinajstić information content (AvgIpc) is 3.26. The molecule has 1 amide bonds. The number of amides is 1. The molecular formula is C15H15N5O4S. The number of hydrogen-bond acceptors (Lipinski definition) is 7. The van der Waals surface area contributed by atoms with Crippen LogP contribution in [-0.2, 0) is 10.0 Å². The summed E-state index contributed by atoms with van der Waals surface area (Å²) in [6.45, 7) is 2.77. The molecule has 1 aromatic carbocycles. The van der Waals surface area contributed by atoms with Gasteiger partial charge in [0.25, 0.3) is 15.9 Å². The van der Waals surface area contributed by atoms with Gasteiger partial charge in [-0.3, -0.25) is 9.52 Å². The normalized spacial score (nSPS) is 14.3. The van der Waals surface area contributed by atoms with Gasteiger partial charge in [0, 0.05) is 13.1 Å². The van der Waals surface area contributed by atoms with Crippen molar-refractivity contribution in [3.05, 3.63) is 35.0 Å². The van der Waals surface area contributed by atoms with Crippen LogP contribution >= 0.6 is 0 Å². The van der Waals surface area contributed by atoms with E-state index in [4.69, 9.17) is 5.26 Å². The first kappa shape index (κ1) is 16.9. The van der Waals surface area contributed by atoms with Crippen molar-refractivity contribution in [3.8, 4) is 6.07 Å². The van der Waals surface area contributed by atoms with Gasteiger partial charge in [0.2, 0.25) is 11.5 Å². The summed E-state index contributed by atoms with van der Waals surface area (Å²) in [5, 5.41) is 16.0. The van der Waals surface area contributed by atoms with Crippen LogP contribution in [0.4, 0.5) is 5.82 Å². The van der Waals surface area contributed by atoms with Crippen LogP contribution in [0.5, 0.6) is 0 Å². The van der Waals surface area contributed by atoms with Crippen molar-refractivity contribution in [2.75, 3.05) is 17.8 Å². The van der Waals surface area contributed by atoms with Gasteiger partial charge in [0.15, 0.2) is 0 Å². The number of nitrogens with one attached hydrogen (secondary N) is 1. The van der Waals surface area contributed by atoms with Crippen LogP contribution in [-0.4, -0.2) is 42.6 Å². The molecule has 25 heavy (non-hydrogen) atoms. The zero-order valence-corrected chi connectivity index (χ0v) is 14.2. The van der Waals surface area contributed by atoms with Crippen LogP contribution in [0.3, 0.4) is 0 Å². The first-order valence-corrected chi connectivity index (χ1v) is 9.06. The lowest BCUT2D eigenvalue weighted by Gasteiger charge is -2.14. The number of nitriles is 1. The molecule has 0 atom stereocenters. The van der Waals surface area contributed by atoms with Crippen LogP contribution in [0.1, 0.15) is 34.5 Å². The maximum absolute atomic E-state index is 12.6. The van der Waals surface area contributed by atoms with Gasteiger partial charge < -0.3 is 4.90 Å². The van der Waals surface area contributed by atoms with Gasteiger partial charge >= 0.3 is 0 Å². The zero-order valence-electron chi connectivity index (χ0n) is 13.4. The molecule has 1 aliphatic heterocycles. The van der Waals surface area contributed by atoms with Gasteiger partial charge in [-0.25, -0.2) is 13.0 Å². The van der Waals surface area contributed by atoms with E-state index in [-0.39, 0.29) is 22.0 Å². The van der Waals surface area contributed by atoms with Crippen molar-refractivity contribution in [3.63, 3.8) is 0 Å². The van der Waals surface area contributed by atoms with Crippen LogP contribution in [0, 0.1) is 18.3 Å². The number of carbonyl (C=O) groups is 1. The van der Waals surface area contributed by atoms with E-state index < -0.39 is 15.9 Å². The third-order valence-electron chi connectivity index (χ3n) is 3.92. The number of anilines is 1. The molecule has 1 N–H and O–H groups in total. The van der Waals surface area contributed by atoms with E-state index in [0.29, 0.717) is 18.7 Å². The molecule has 1 fully saturated rings. The second kappa shape index (κ2) is 6.52. The Bertz CT molecular complexity index is 955. The summed E-state index contributed by atoms with van der Waals surface area (Å²) >= 11 is 0. The molecule has 1 aliphatic rings. The fourth-order valence-electron chi connectivity index (χ4n) is 2.61. The number of likely N-dealkylation sites (tertiary alicyclic amines) is 1. The molecular weight excluding hydrogens is 346 g/mol. The minimum atomic E-state index is -4.06. The summed E-state index contributed by atoms with van der Waals surface area (Å²) < 4.78 is 32.0. The summed E-state index contributed by atoms with van der Waals surface area (Å²) in [6.07, 6.45) is 1.77. The number of carbonyl (C=O) groups excluding carboxylic acids is 1. The fourth-order valence-corrected chi connectivity index (χ4v) is 3.88. The Balaban J connectivity index is 1.91. The second-order valence-electron chi connectivity index (χ2n) is 5.66. The van der Waals surface area contributed by atoms with E-state index in [0.717, 1.165) is 12.8 Å². The van der Waals surface area contributed by atoms with Gasteiger partial charge in [-0.05, 0) is 47.8 Å². The van der Waals surface area contributed by atoms with Gasteiger partial charge in [-0.1, -0.05) is 6.07 Å². The first-order valence-electron chi connectivity index (χ1n) is 7.58. The molecule has 0 aliphatic carbocycles. The van der Waals surface area contributed by atoms with E-state index in [1.165, 1.54) is 18.2 Å². The van der Waals surface area contributed by atoms with E-state index in [9.17, 15) is 13.2 Å². The van der Waals surface area contributed by atoms with Crippen LogP contribution in [0.25, 0.3) is 0 Å². The Hall–Kier alpha value is -2.93. The predicted molar refractivity (Wildman–Crippen MR) is 86.1 cm³/mol. The third kappa shape index (κ3) is 3.32. The Morgan fingerprint density at radius 3 is 2.72 bits per heavy atom. The Kier molecular flexibility index (Phi) is 4.41. The molecule has 3 rings (SSSR count). The van der Waals surface area contributed by atoms with Crippen LogP contribution in [0.2, 0.25) is 0 Å². The van der Waals surface area contributed by atoms with Gasteiger partial charge in [0.1, 0.15) is 0 Å². The number of rotatable bonds is 4. The highest BCUT2D eigenvalue weighted by molar-refractivity contribution is 7.92. The zero-order chi connectivity index (χ0) is 18.0. The van der Waals surface area contributed by atoms with Gasteiger partial charge in [-0.15, -0.1) is 0 Å². The quantitative estimate of drug-likeness (QED) is 0.868. The molecule has 0 unspecified atom stereocenters. The maximum Gasteiger partial charge on any atom is 0.280 e. The standard InChI is InChI=1S/C15H15N5O4S/c1-10-4-5-11(9-16)8-12(10)25(22,23)19-14-13(17-24-18-14)15(21)20-6-2-3-7-20/h4-5,8H,2-3,6-7H2,1H3,(H,18,19). The van der Waals surface area contributed by atoms with Crippen molar-refractivity contribution < 1.29 is 17.8 Å². The van der Waals surface area contributed by atoms with E-state index >= 15 is 0 Å². The van der Waals surface area contributed by atoms with Crippen LogP contribution < -0.4 is 4.72 Å². The SMILES string of the molecule is Cc1ccc(C#N)cc1S(=O)(=O)Nc1nonc1C(=O)N1CCCC1. The largest absolute Gasteiger partial charge is 0.337 e. The maximum atomic E-state index is 12.6. The predicted octanol–water partition coefficient (Wildman–Crippen LogP) is 1.29. The molecule has 10 heteroatoms. The number of aromatic nitrogens is 2. The number of sulfonamides is 1. The van der Waals surface area contributed by atoms with Gasteiger partial charge in [-0.2, -0.15) is 5.26 Å². The molecule has 2 heterocycles. The summed E-state index contributed by atoms with van der Waals surface area (Å²) in [7, 11) is -4.06. The van der Waals surface area contributed by atoms with Crippen molar-refractivity contribution >= 4 is 21.7 Å². The van der Waals surface area contributed by atoms with E-state index in [1.807, 2.05) is 6.07 Å². The highest BCUT2D eigenvalue weighted by Crippen LogP contribution is 2.22. The monoisotopic (exact) mass is 361 g/mol. The number of aryl methyl sites for hydroxylation is 1. The lowest BCUT2D eigenvalue weighted by Crippen LogP contribution is -2.29. The molecule has 2 aromatic rings. The lowest BCUT2D eigenvalue weighted by atomic mass is 10.2. The Morgan fingerprint density at radius 1 is 1.32 bits per heavy atom. The first-order chi connectivity index (χ1) is 11.9. The highest BCUT2D eigenvalue weighted by atomic mass is 32.2. The lowest BCUT2D eigenvalue weighted by molar-refractivity contribution is 0.0782. The second-order valence-corrected chi connectivity index (χ2v) is 7.31. The number of hydrogen-bond donors (Lipinski definition) is 1. The number of nitrogens with zero attached hydrogens (tertiary/aromatic N) is 4. The summed E-state index contributed by atoms with van der Waals surface area (Å²) in [5.74, 6) is -0.697. The summed E-state index contributed by atoms with van der Waals surface area (Å²) in [5.41, 5.74) is 0.479.